The second kappa shape index (κ2) is 8.61. The smallest absolute Gasteiger partial charge is 0.261 e. The maximum absolute atomic E-state index is 13.1. The molecule has 8 heteroatoms. The molecule has 0 spiro atoms. The first-order valence-electron chi connectivity index (χ1n) is 9.70. The number of fused-ring (bicyclic) bond motifs is 1. The van der Waals surface area contributed by atoms with Crippen LogP contribution in [0.4, 0.5) is 5.69 Å². The summed E-state index contributed by atoms with van der Waals surface area (Å²) in [5.41, 5.74) is 2.81. The Labute approximate surface area is 186 Å². The number of hydrogen-bond acceptors (Lipinski definition) is 4. The van der Waals surface area contributed by atoms with Gasteiger partial charge < -0.3 is 9.64 Å². The molecule has 31 heavy (non-hydrogen) atoms. The average Bonchev–Trinajstić information content (AvgIpc) is 2.79. The Kier molecular flexibility index (Phi) is 5.89. The van der Waals surface area contributed by atoms with Gasteiger partial charge in [0.25, 0.3) is 15.9 Å². The van der Waals surface area contributed by atoms with Crippen LogP contribution < -0.4 is 9.46 Å². The summed E-state index contributed by atoms with van der Waals surface area (Å²) in [7, 11) is -2.29. The lowest BCUT2D eigenvalue weighted by Crippen LogP contribution is -2.36. The molecule has 0 saturated heterocycles. The number of amides is 1. The molecule has 0 bridgehead atoms. The first-order chi connectivity index (χ1) is 14.9. The van der Waals surface area contributed by atoms with E-state index in [2.05, 4.69) is 4.72 Å². The topological polar surface area (TPSA) is 75.7 Å². The molecule has 0 aromatic heterocycles. The van der Waals surface area contributed by atoms with Crippen molar-refractivity contribution in [2.45, 2.75) is 17.9 Å². The number of halogens is 1. The van der Waals surface area contributed by atoms with Crippen LogP contribution in [0.5, 0.6) is 5.75 Å². The molecule has 3 aromatic carbocycles. The fourth-order valence-corrected chi connectivity index (χ4v) is 4.92. The maximum Gasteiger partial charge on any atom is 0.261 e. The molecule has 3 aromatic rings. The van der Waals surface area contributed by atoms with Gasteiger partial charge in [-0.3, -0.25) is 9.52 Å². The number of anilines is 1. The normalized spacial score (nSPS) is 13.4. The molecule has 1 N–H and O–H groups in total. The van der Waals surface area contributed by atoms with Crippen LogP contribution >= 0.6 is 11.6 Å². The number of nitrogens with zero attached hydrogens (tertiary/aromatic N) is 1. The minimum Gasteiger partial charge on any atom is -0.497 e. The fraction of sp³-hybridized carbons (Fsp3) is 0.174. The molecule has 0 fully saturated rings. The first-order valence-corrected chi connectivity index (χ1v) is 11.6. The largest absolute Gasteiger partial charge is 0.497 e. The Morgan fingerprint density at radius 3 is 2.61 bits per heavy atom. The first kappa shape index (κ1) is 21.2. The molecule has 0 radical (unpaired) electrons. The van der Waals surface area contributed by atoms with E-state index >= 15 is 0 Å². The van der Waals surface area contributed by atoms with Gasteiger partial charge in [0.2, 0.25) is 0 Å². The van der Waals surface area contributed by atoms with Crippen molar-refractivity contribution in [2.24, 2.45) is 0 Å². The van der Waals surface area contributed by atoms with Crippen molar-refractivity contribution in [1.82, 2.24) is 4.90 Å². The highest BCUT2D eigenvalue weighted by atomic mass is 35.5. The highest BCUT2D eigenvalue weighted by Gasteiger charge is 2.24. The molecule has 6 nitrogen and oxygen atoms in total. The highest BCUT2D eigenvalue weighted by molar-refractivity contribution is 7.92. The number of para-hydroxylation sites is 1. The van der Waals surface area contributed by atoms with Crippen LogP contribution in [0.15, 0.2) is 71.6 Å². The van der Waals surface area contributed by atoms with Crippen molar-refractivity contribution in [3.63, 3.8) is 0 Å². The number of ether oxygens (including phenoxy) is 1. The second-order valence-electron chi connectivity index (χ2n) is 7.22. The van der Waals surface area contributed by atoms with Crippen molar-refractivity contribution in [3.8, 4) is 5.75 Å². The summed E-state index contributed by atoms with van der Waals surface area (Å²) in [5.74, 6) is 0.523. The molecule has 1 aliphatic rings. The lowest BCUT2D eigenvalue weighted by atomic mass is 9.99. The third-order valence-electron chi connectivity index (χ3n) is 5.22. The second-order valence-corrected chi connectivity index (χ2v) is 9.31. The van der Waals surface area contributed by atoms with Gasteiger partial charge in [0.15, 0.2) is 0 Å². The minimum atomic E-state index is -3.90. The lowest BCUT2D eigenvalue weighted by molar-refractivity contribution is 0.0734. The van der Waals surface area contributed by atoms with Gasteiger partial charge in [0.05, 0.1) is 22.7 Å². The van der Waals surface area contributed by atoms with Crippen molar-refractivity contribution in [3.05, 3.63) is 88.4 Å². The highest BCUT2D eigenvalue weighted by Crippen LogP contribution is 2.27. The maximum atomic E-state index is 13.1. The number of rotatable bonds is 5. The Bertz CT molecular complexity index is 1240. The minimum absolute atomic E-state index is 0.00246. The summed E-state index contributed by atoms with van der Waals surface area (Å²) in [6.45, 7) is 1.01. The van der Waals surface area contributed by atoms with Crippen molar-refractivity contribution >= 4 is 33.2 Å². The Hall–Kier alpha value is -3.03. The predicted octanol–water partition coefficient (Wildman–Crippen LogP) is 4.35. The molecule has 0 unspecified atom stereocenters. The molecule has 1 heterocycles. The van der Waals surface area contributed by atoms with E-state index < -0.39 is 10.0 Å². The molecule has 1 aliphatic heterocycles. The summed E-state index contributed by atoms with van der Waals surface area (Å²) in [6, 6.07) is 18.5. The van der Waals surface area contributed by atoms with Gasteiger partial charge in [-0.15, -0.1) is 0 Å². The molecule has 1 amide bonds. The molecule has 160 valence electrons. The van der Waals surface area contributed by atoms with Gasteiger partial charge >= 0.3 is 0 Å². The standard InChI is InChI=1S/C23H21ClN2O4S/c1-30-19-10-9-16-11-12-26(15-18(16)13-19)23(27)17-5-4-6-20(14-17)31(28,29)25-22-8-3-2-7-21(22)24/h2-10,13-14,25H,11-12,15H2,1H3. The van der Waals surface area contributed by atoms with E-state index in [0.717, 1.165) is 17.7 Å². The van der Waals surface area contributed by atoms with Gasteiger partial charge in [-0.1, -0.05) is 35.9 Å². The third kappa shape index (κ3) is 4.52. The lowest BCUT2D eigenvalue weighted by Gasteiger charge is -2.29. The number of nitrogens with one attached hydrogen (secondary N) is 1. The molecular weight excluding hydrogens is 436 g/mol. The zero-order chi connectivity index (χ0) is 22.0. The van der Waals surface area contributed by atoms with Gasteiger partial charge in [-0.2, -0.15) is 0 Å². The van der Waals surface area contributed by atoms with Crippen LogP contribution in [0.2, 0.25) is 5.02 Å². The summed E-state index contributed by atoms with van der Waals surface area (Å²) >= 11 is 6.07. The number of benzene rings is 3. The van der Waals surface area contributed by atoms with Gasteiger partial charge in [-0.05, 0) is 60.0 Å². The van der Waals surface area contributed by atoms with E-state index in [9.17, 15) is 13.2 Å². The predicted molar refractivity (Wildman–Crippen MR) is 120 cm³/mol. The molecule has 0 saturated carbocycles. The Morgan fingerprint density at radius 1 is 1.03 bits per heavy atom. The van der Waals surface area contributed by atoms with Crippen LogP contribution in [-0.4, -0.2) is 32.9 Å². The Morgan fingerprint density at radius 2 is 1.84 bits per heavy atom. The van der Waals surface area contributed by atoms with Crippen molar-refractivity contribution < 1.29 is 17.9 Å². The number of sulfonamides is 1. The Balaban J connectivity index is 1.56. The number of hydrogen-bond donors (Lipinski definition) is 1. The number of methoxy groups -OCH3 is 1. The van der Waals surface area contributed by atoms with E-state index in [0.29, 0.717) is 23.7 Å². The van der Waals surface area contributed by atoms with Crippen molar-refractivity contribution in [2.75, 3.05) is 18.4 Å². The van der Waals surface area contributed by atoms with Crippen LogP contribution in [0.25, 0.3) is 0 Å². The summed E-state index contributed by atoms with van der Waals surface area (Å²) in [5, 5.41) is 0.292. The number of carbonyl (C=O) groups is 1. The van der Waals surface area contributed by atoms with E-state index in [1.165, 1.54) is 17.7 Å². The molecule has 0 aliphatic carbocycles. The molecular formula is C23H21ClN2O4S. The van der Waals surface area contributed by atoms with E-state index in [1.54, 1.807) is 48.4 Å². The molecule has 0 atom stereocenters. The SMILES string of the molecule is COc1ccc2c(c1)CN(C(=O)c1cccc(S(=O)(=O)Nc3ccccc3Cl)c1)CC2. The van der Waals surface area contributed by atoms with Gasteiger partial charge in [-0.25, -0.2) is 8.42 Å². The zero-order valence-corrected chi connectivity index (χ0v) is 18.4. The van der Waals surface area contributed by atoms with Gasteiger partial charge in [0, 0.05) is 18.7 Å². The molecule has 4 rings (SSSR count). The monoisotopic (exact) mass is 456 g/mol. The quantitative estimate of drug-likeness (QED) is 0.619. The summed E-state index contributed by atoms with van der Waals surface area (Å²) < 4.78 is 33.4. The van der Waals surface area contributed by atoms with E-state index in [4.69, 9.17) is 16.3 Å². The zero-order valence-electron chi connectivity index (χ0n) is 16.8. The van der Waals surface area contributed by atoms with Crippen LogP contribution in [0.1, 0.15) is 21.5 Å². The van der Waals surface area contributed by atoms with Gasteiger partial charge in [0.1, 0.15) is 5.75 Å². The average molecular weight is 457 g/mol. The van der Waals surface area contributed by atoms with E-state index in [1.807, 2.05) is 18.2 Å². The van der Waals surface area contributed by atoms with E-state index in [-0.39, 0.29) is 16.5 Å². The summed E-state index contributed by atoms with van der Waals surface area (Å²) in [4.78, 5) is 14.8. The third-order valence-corrected chi connectivity index (χ3v) is 6.92. The van der Waals surface area contributed by atoms with Crippen LogP contribution in [0.3, 0.4) is 0 Å². The van der Waals surface area contributed by atoms with Crippen molar-refractivity contribution in [1.29, 1.82) is 0 Å². The van der Waals surface area contributed by atoms with Crippen LogP contribution in [0, 0.1) is 0 Å². The van der Waals surface area contributed by atoms with Crippen LogP contribution in [-0.2, 0) is 23.0 Å². The number of carbonyl (C=O) groups excluding carboxylic acids is 1. The fourth-order valence-electron chi connectivity index (χ4n) is 3.56. The summed E-state index contributed by atoms with van der Waals surface area (Å²) in [6.07, 6.45) is 0.733.